The van der Waals surface area contributed by atoms with Crippen molar-refractivity contribution in [1.29, 1.82) is 5.26 Å². The van der Waals surface area contributed by atoms with Crippen molar-refractivity contribution in [3.05, 3.63) is 65.5 Å². The minimum absolute atomic E-state index is 0.0218. The minimum atomic E-state index is -3.75. The third kappa shape index (κ3) is 4.55. The molecule has 146 valence electrons. The predicted molar refractivity (Wildman–Crippen MR) is 101 cm³/mol. The fourth-order valence-corrected chi connectivity index (χ4v) is 4.59. The van der Waals surface area contributed by atoms with E-state index in [4.69, 9.17) is 0 Å². The number of hydrogen-bond acceptors (Lipinski definition) is 4. The summed E-state index contributed by atoms with van der Waals surface area (Å²) in [5, 5.41) is 11.7. The van der Waals surface area contributed by atoms with Crippen LogP contribution in [0.25, 0.3) is 0 Å². The van der Waals surface area contributed by atoms with E-state index in [0.717, 1.165) is 25.7 Å². The molecule has 1 aliphatic rings. The van der Waals surface area contributed by atoms with Crippen LogP contribution in [0.2, 0.25) is 0 Å². The molecule has 0 saturated heterocycles. The standard InChI is InChI=1S/C20H20FN3O3S/c21-18-11-4-3-10-17(18)19(13-22)23-20(25)14-6-5-9-16(12-14)28(26,27)24-15-7-1-2-8-15/h3-6,9-12,15,19,24H,1-2,7-8H2,(H,23,25). The molecule has 0 aromatic heterocycles. The van der Waals surface area contributed by atoms with Gasteiger partial charge in [0.2, 0.25) is 10.0 Å². The van der Waals surface area contributed by atoms with E-state index in [1.165, 1.54) is 42.5 Å². The molecule has 1 unspecified atom stereocenters. The third-order valence-electron chi connectivity index (χ3n) is 4.70. The van der Waals surface area contributed by atoms with Crippen LogP contribution in [0.15, 0.2) is 53.4 Å². The summed E-state index contributed by atoms with van der Waals surface area (Å²) in [7, 11) is -3.75. The Morgan fingerprint density at radius 2 is 1.86 bits per heavy atom. The van der Waals surface area contributed by atoms with Gasteiger partial charge in [0.05, 0.1) is 11.0 Å². The average molecular weight is 401 g/mol. The topological polar surface area (TPSA) is 99.1 Å². The van der Waals surface area contributed by atoms with Gasteiger partial charge in [-0.1, -0.05) is 37.1 Å². The van der Waals surface area contributed by atoms with Crippen LogP contribution in [0.4, 0.5) is 4.39 Å². The van der Waals surface area contributed by atoms with Gasteiger partial charge < -0.3 is 5.32 Å². The van der Waals surface area contributed by atoms with Gasteiger partial charge >= 0.3 is 0 Å². The van der Waals surface area contributed by atoms with E-state index in [1.54, 1.807) is 6.07 Å². The summed E-state index contributed by atoms with van der Waals surface area (Å²) < 4.78 is 41.7. The van der Waals surface area contributed by atoms with Crippen LogP contribution in [0.5, 0.6) is 0 Å². The molecule has 0 heterocycles. The van der Waals surface area contributed by atoms with Gasteiger partial charge in [-0.2, -0.15) is 5.26 Å². The summed E-state index contributed by atoms with van der Waals surface area (Å²) in [6.45, 7) is 0. The van der Waals surface area contributed by atoms with Crippen LogP contribution in [-0.4, -0.2) is 20.4 Å². The first kappa shape index (κ1) is 20.0. The fourth-order valence-electron chi connectivity index (χ4n) is 3.24. The van der Waals surface area contributed by atoms with Crippen LogP contribution in [-0.2, 0) is 10.0 Å². The summed E-state index contributed by atoms with van der Waals surface area (Å²) in [5.74, 6) is -1.26. The smallest absolute Gasteiger partial charge is 0.252 e. The first-order valence-corrected chi connectivity index (χ1v) is 10.5. The first-order chi connectivity index (χ1) is 13.4. The largest absolute Gasteiger partial charge is 0.332 e. The van der Waals surface area contributed by atoms with Crippen LogP contribution < -0.4 is 10.0 Å². The third-order valence-corrected chi connectivity index (χ3v) is 6.22. The maximum Gasteiger partial charge on any atom is 0.252 e. The highest BCUT2D eigenvalue weighted by Gasteiger charge is 2.24. The van der Waals surface area contributed by atoms with Crippen molar-refractivity contribution in [3.63, 3.8) is 0 Å². The number of rotatable bonds is 6. The van der Waals surface area contributed by atoms with Crippen molar-refractivity contribution < 1.29 is 17.6 Å². The molecule has 0 bridgehead atoms. The van der Waals surface area contributed by atoms with E-state index in [9.17, 15) is 22.9 Å². The lowest BCUT2D eigenvalue weighted by molar-refractivity contribution is 0.0944. The number of nitrogens with one attached hydrogen (secondary N) is 2. The number of benzene rings is 2. The number of sulfonamides is 1. The molecule has 1 atom stereocenters. The molecule has 1 fully saturated rings. The zero-order chi connectivity index (χ0) is 20.1. The highest BCUT2D eigenvalue weighted by Crippen LogP contribution is 2.21. The van der Waals surface area contributed by atoms with Gasteiger partial charge in [0.15, 0.2) is 0 Å². The molecular weight excluding hydrogens is 381 g/mol. The summed E-state index contributed by atoms with van der Waals surface area (Å²) in [4.78, 5) is 12.5. The van der Waals surface area contributed by atoms with Gasteiger partial charge in [-0.25, -0.2) is 17.5 Å². The molecule has 0 aliphatic heterocycles. The Morgan fingerprint density at radius 1 is 1.14 bits per heavy atom. The predicted octanol–water partition coefficient (Wildman–Crippen LogP) is 3.04. The molecular formula is C20H20FN3O3S. The first-order valence-electron chi connectivity index (χ1n) is 8.98. The maximum atomic E-state index is 13.9. The molecule has 2 aromatic rings. The zero-order valence-electron chi connectivity index (χ0n) is 15.1. The number of halogens is 1. The van der Waals surface area contributed by atoms with Gasteiger partial charge in [-0.05, 0) is 37.1 Å². The van der Waals surface area contributed by atoms with E-state index in [-0.39, 0.29) is 22.1 Å². The Balaban J connectivity index is 1.78. The molecule has 1 saturated carbocycles. The Labute approximate surface area is 163 Å². The van der Waals surface area contributed by atoms with E-state index in [1.807, 2.05) is 6.07 Å². The van der Waals surface area contributed by atoms with Crippen molar-refractivity contribution in [1.82, 2.24) is 10.0 Å². The molecule has 28 heavy (non-hydrogen) atoms. The second-order valence-corrected chi connectivity index (χ2v) is 8.40. The van der Waals surface area contributed by atoms with E-state index in [0.29, 0.717) is 0 Å². The number of nitrogens with zero attached hydrogens (tertiary/aromatic N) is 1. The molecule has 8 heteroatoms. The normalized spacial score (nSPS) is 15.7. The molecule has 0 spiro atoms. The molecule has 2 N–H and O–H groups in total. The zero-order valence-corrected chi connectivity index (χ0v) is 15.9. The Hall–Kier alpha value is -2.76. The molecule has 3 rings (SSSR count). The molecule has 1 amide bonds. The molecule has 1 aliphatic carbocycles. The van der Waals surface area contributed by atoms with Crippen molar-refractivity contribution in [2.45, 2.75) is 42.7 Å². The second-order valence-electron chi connectivity index (χ2n) is 6.69. The van der Waals surface area contributed by atoms with Crippen LogP contribution >= 0.6 is 0 Å². The molecule has 0 radical (unpaired) electrons. The lowest BCUT2D eigenvalue weighted by Gasteiger charge is -2.15. The van der Waals surface area contributed by atoms with Gasteiger partial charge in [-0.15, -0.1) is 0 Å². The summed E-state index contributed by atoms with van der Waals surface area (Å²) in [6, 6.07) is 11.8. The van der Waals surface area contributed by atoms with Crippen molar-refractivity contribution in [2.75, 3.05) is 0 Å². The van der Waals surface area contributed by atoms with Crippen LogP contribution in [0.1, 0.15) is 47.6 Å². The number of hydrogen-bond donors (Lipinski definition) is 2. The number of nitriles is 1. The van der Waals surface area contributed by atoms with Crippen LogP contribution in [0.3, 0.4) is 0 Å². The monoisotopic (exact) mass is 401 g/mol. The molecule has 6 nitrogen and oxygen atoms in total. The molecule has 2 aromatic carbocycles. The van der Waals surface area contributed by atoms with Gasteiger partial charge in [0.25, 0.3) is 5.91 Å². The average Bonchev–Trinajstić information content (AvgIpc) is 3.19. The van der Waals surface area contributed by atoms with E-state index < -0.39 is 27.8 Å². The lowest BCUT2D eigenvalue weighted by atomic mass is 10.1. The number of carbonyl (C=O) groups is 1. The summed E-state index contributed by atoms with van der Waals surface area (Å²) in [5.41, 5.74) is 0.121. The van der Waals surface area contributed by atoms with Crippen molar-refractivity contribution in [3.8, 4) is 6.07 Å². The van der Waals surface area contributed by atoms with E-state index >= 15 is 0 Å². The summed E-state index contributed by atoms with van der Waals surface area (Å²) >= 11 is 0. The van der Waals surface area contributed by atoms with Gasteiger partial charge in [0.1, 0.15) is 11.9 Å². The van der Waals surface area contributed by atoms with E-state index in [2.05, 4.69) is 10.0 Å². The van der Waals surface area contributed by atoms with Crippen LogP contribution in [0, 0.1) is 17.1 Å². The Bertz CT molecular complexity index is 1010. The number of carbonyl (C=O) groups excluding carboxylic acids is 1. The quantitative estimate of drug-likeness (QED) is 0.777. The van der Waals surface area contributed by atoms with Crippen molar-refractivity contribution in [2.24, 2.45) is 0 Å². The maximum absolute atomic E-state index is 13.9. The fraction of sp³-hybridized carbons (Fsp3) is 0.300. The lowest BCUT2D eigenvalue weighted by Crippen LogP contribution is -2.33. The van der Waals surface area contributed by atoms with Crippen molar-refractivity contribution >= 4 is 15.9 Å². The van der Waals surface area contributed by atoms with Gasteiger partial charge in [0, 0.05) is 17.2 Å². The summed E-state index contributed by atoms with van der Waals surface area (Å²) in [6.07, 6.45) is 3.57. The minimum Gasteiger partial charge on any atom is -0.332 e. The highest BCUT2D eigenvalue weighted by atomic mass is 32.2. The Kier molecular flexibility index (Phi) is 6.07. The van der Waals surface area contributed by atoms with Gasteiger partial charge in [-0.3, -0.25) is 4.79 Å². The SMILES string of the molecule is N#CC(NC(=O)c1cccc(S(=O)(=O)NC2CCCC2)c1)c1ccccc1F. The Morgan fingerprint density at radius 3 is 2.54 bits per heavy atom. The highest BCUT2D eigenvalue weighted by molar-refractivity contribution is 7.89. The second kappa shape index (κ2) is 8.50. The number of amides is 1.